The van der Waals surface area contributed by atoms with E-state index in [1.54, 1.807) is 0 Å². The summed E-state index contributed by atoms with van der Waals surface area (Å²) in [5.74, 6) is 0.645. The van der Waals surface area contributed by atoms with Crippen LogP contribution in [0.1, 0.15) is 44.4 Å². The summed E-state index contributed by atoms with van der Waals surface area (Å²) in [6.07, 6.45) is 1.19. The van der Waals surface area contributed by atoms with Gasteiger partial charge >= 0.3 is 0 Å². The Morgan fingerprint density at radius 3 is 2.32 bits per heavy atom. The zero-order valence-corrected chi connectivity index (χ0v) is 12.5. The van der Waals surface area contributed by atoms with Gasteiger partial charge in [0.25, 0.3) is 0 Å². The lowest BCUT2D eigenvalue weighted by atomic mass is 9.88. The molecule has 0 bridgehead atoms. The van der Waals surface area contributed by atoms with E-state index in [9.17, 15) is 0 Å². The van der Waals surface area contributed by atoms with Gasteiger partial charge in [-0.25, -0.2) is 0 Å². The highest BCUT2D eigenvalue weighted by molar-refractivity contribution is 5.88. The minimum Gasteiger partial charge on any atom is -0.310 e. The van der Waals surface area contributed by atoms with Gasteiger partial charge in [-0.1, -0.05) is 63.6 Å². The molecule has 0 heterocycles. The zero-order valence-electron chi connectivity index (χ0n) is 12.5. The first-order valence-corrected chi connectivity index (χ1v) is 7.40. The molecule has 19 heavy (non-hydrogen) atoms. The van der Waals surface area contributed by atoms with E-state index in [2.05, 4.69) is 69.4 Å². The van der Waals surface area contributed by atoms with E-state index in [0.29, 0.717) is 12.0 Å². The molecule has 2 rings (SSSR count). The van der Waals surface area contributed by atoms with Crippen LogP contribution in [0.5, 0.6) is 0 Å². The normalized spacial score (nSPS) is 14.5. The van der Waals surface area contributed by atoms with Gasteiger partial charge in [-0.05, 0) is 41.3 Å². The summed E-state index contributed by atoms with van der Waals surface area (Å²) in [6, 6.07) is 13.8. The number of hydrogen-bond donors (Lipinski definition) is 1. The van der Waals surface area contributed by atoms with Gasteiger partial charge in [0, 0.05) is 6.04 Å². The van der Waals surface area contributed by atoms with Crippen molar-refractivity contribution in [3.05, 3.63) is 47.5 Å². The van der Waals surface area contributed by atoms with E-state index in [1.807, 2.05) is 0 Å². The molecule has 0 radical (unpaired) electrons. The molecular formula is C18H25N. The molecule has 2 atom stereocenters. The Bertz CT molecular complexity index is 544. The second-order valence-electron chi connectivity index (χ2n) is 5.44. The molecular weight excluding hydrogens is 230 g/mol. The lowest BCUT2D eigenvalue weighted by Gasteiger charge is -2.26. The van der Waals surface area contributed by atoms with Crippen molar-refractivity contribution in [2.24, 2.45) is 5.92 Å². The Kier molecular flexibility index (Phi) is 4.60. The third-order valence-electron chi connectivity index (χ3n) is 4.15. The van der Waals surface area contributed by atoms with E-state index in [0.717, 1.165) is 6.54 Å². The first-order chi connectivity index (χ1) is 9.19. The van der Waals surface area contributed by atoms with Crippen molar-refractivity contribution in [1.82, 2.24) is 5.32 Å². The molecule has 0 aliphatic rings. The fourth-order valence-electron chi connectivity index (χ4n) is 2.82. The van der Waals surface area contributed by atoms with Crippen LogP contribution in [0.15, 0.2) is 36.4 Å². The number of aryl methyl sites for hydroxylation is 1. The van der Waals surface area contributed by atoms with Crippen molar-refractivity contribution in [2.45, 2.75) is 40.2 Å². The quantitative estimate of drug-likeness (QED) is 0.805. The predicted molar refractivity (Wildman–Crippen MR) is 84.6 cm³/mol. The first-order valence-electron chi connectivity index (χ1n) is 7.40. The van der Waals surface area contributed by atoms with Crippen molar-refractivity contribution in [3.8, 4) is 0 Å². The minimum absolute atomic E-state index is 0.445. The second kappa shape index (κ2) is 6.21. The summed E-state index contributed by atoms with van der Waals surface area (Å²) in [5.41, 5.74) is 2.80. The van der Waals surface area contributed by atoms with E-state index < -0.39 is 0 Å². The molecule has 1 heteroatoms. The standard InChI is InChI=1S/C18H25N/c1-5-13(3)18(19-6-2)17-12-11-14(4)15-9-7-8-10-16(15)17/h7-13,18-19H,5-6H2,1-4H3. The van der Waals surface area contributed by atoms with E-state index in [4.69, 9.17) is 0 Å². The average molecular weight is 255 g/mol. The van der Waals surface area contributed by atoms with Crippen molar-refractivity contribution < 1.29 is 0 Å². The third-order valence-corrected chi connectivity index (χ3v) is 4.15. The molecule has 2 unspecified atom stereocenters. The first kappa shape index (κ1) is 14.1. The number of rotatable bonds is 5. The van der Waals surface area contributed by atoms with E-state index >= 15 is 0 Å². The number of hydrogen-bond acceptors (Lipinski definition) is 1. The SMILES string of the molecule is CCNC(c1ccc(C)c2ccccc12)C(C)CC. The van der Waals surface area contributed by atoms with Crippen LogP contribution in [0, 0.1) is 12.8 Å². The fourth-order valence-corrected chi connectivity index (χ4v) is 2.82. The lowest BCUT2D eigenvalue weighted by Crippen LogP contribution is -2.26. The zero-order chi connectivity index (χ0) is 13.8. The largest absolute Gasteiger partial charge is 0.310 e. The number of nitrogens with one attached hydrogen (secondary N) is 1. The summed E-state index contributed by atoms with van der Waals surface area (Å²) in [6.45, 7) is 9.99. The average Bonchev–Trinajstić information content (AvgIpc) is 2.45. The summed E-state index contributed by atoms with van der Waals surface area (Å²) >= 11 is 0. The maximum Gasteiger partial charge on any atom is 0.0351 e. The third kappa shape index (κ3) is 2.82. The van der Waals surface area contributed by atoms with Crippen LogP contribution in [-0.4, -0.2) is 6.54 Å². The number of fused-ring (bicyclic) bond motifs is 1. The molecule has 0 saturated carbocycles. The fraction of sp³-hybridized carbons (Fsp3) is 0.444. The van der Waals surface area contributed by atoms with Gasteiger partial charge in [0.2, 0.25) is 0 Å². The van der Waals surface area contributed by atoms with E-state index in [1.165, 1.54) is 28.3 Å². The Morgan fingerprint density at radius 2 is 1.68 bits per heavy atom. The molecule has 1 N–H and O–H groups in total. The highest BCUT2D eigenvalue weighted by atomic mass is 14.9. The van der Waals surface area contributed by atoms with Crippen molar-refractivity contribution in [3.63, 3.8) is 0 Å². The molecule has 0 aliphatic carbocycles. The molecule has 0 spiro atoms. The molecule has 0 amide bonds. The van der Waals surface area contributed by atoms with Gasteiger partial charge in [-0.3, -0.25) is 0 Å². The van der Waals surface area contributed by atoms with Gasteiger partial charge in [0.1, 0.15) is 0 Å². The highest BCUT2D eigenvalue weighted by Crippen LogP contribution is 2.31. The molecule has 0 aromatic heterocycles. The van der Waals surface area contributed by atoms with Crippen LogP contribution < -0.4 is 5.32 Å². The summed E-state index contributed by atoms with van der Waals surface area (Å²) < 4.78 is 0. The smallest absolute Gasteiger partial charge is 0.0351 e. The van der Waals surface area contributed by atoms with Crippen molar-refractivity contribution in [1.29, 1.82) is 0 Å². The summed E-state index contributed by atoms with van der Waals surface area (Å²) in [7, 11) is 0. The van der Waals surface area contributed by atoms with Crippen molar-refractivity contribution >= 4 is 10.8 Å². The maximum atomic E-state index is 3.66. The molecule has 1 nitrogen and oxygen atoms in total. The molecule has 0 aliphatic heterocycles. The van der Waals surface area contributed by atoms with E-state index in [-0.39, 0.29) is 0 Å². The molecule has 0 saturated heterocycles. The molecule has 2 aromatic carbocycles. The summed E-state index contributed by atoms with van der Waals surface area (Å²) in [5, 5.41) is 6.44. The van der Waals surface area contributed by atoms with Crippen LogP contribution >= 0.6 is 0 Å². The van der Waals surface area contributed by atoms with Crippen LogP contribution in [0.25, 0.3) is 10.8 Å². The van der Waals surface area contributed by atoms with Crippen LogP contribution in [0.2, 0.25) is 0 Å². The van der Waals surface area contributed by atoms with Crippen LogP contribution in [0.3, 0.4) is 0 Å². The van der Waals surface area contributed by atoms with Gasteiger partial charge in [-0.15, -0.1) is 0 Å². The Hall–Kier alpha value is -1.34. The minimum atomic E-state index is 0.445. The highest BCUT2D eigenvalue weighted by Gasteiger charge is 2.19. The Labute approximate surface area is 117 Å². The maximum absolute atomic E-state index is 3.66. The van der Waals surface area contributed by atoms with Crippen molar-refractivity contribution in [2.75, 3.05) is 6.54 Å². The predicted octanol–water partition coefficient (Wildman–Crippen LogP) is 4.84. The Balaban J connectivity index is 2.56. The van der Waals surface area contributed by atoms with Gasteiger partial charge in [0.15, 0.2) is 0 Å². The molecule has 102 valence electrons. The van der Waals surface area contributed by atoms with Crippen LogP contribution in [0.4, 0.5) is 0 Å². The molecule has 2 aromatic rings. The van der Waals surface area contributed by atoms with Gasteiger partial charge in [0.05, 0.1) is 0 Å². The summed E-state index contributed by atoms with van der Waals surface area (Å²) in [4.78, 5) is 0. The monoisotopic (exact) mass is 255 g/mol. The van der Waals surface area contributed by atoms with Gasteiger partial charge in [-0.2, -0.15) is 0 Å². The number of benzene rings is 2. The second-order valence-corrected chi connectivity index (χ2v) is 5.44. The Morgan fingerprint density at radius 1 is 1.00 bits per heavy atom. The lowest BCUT2D eigenvalue weighted by molar-refractivity contribution is 0.386. The topological polar surface area (TPSA) is 12.0 Å². The van der Waals surface area contributed by atoms with Crippen LogP contribution in [-0.2, 0) is 0 Å². The molecule has 0 fully saturated rings. The van der Waals surface area contributed by atoms with Gasteiger partial charge < -0.3 is 5.32 Å².